The molecule has 0 radical (unpaired) electrons. The minimum absolute atomic E-state index is 0.147. The van der Waals surface area contributed by atoms with Gasteiger partial charge in [0.2, 0.25) is 0 Å². The molecule has 0 amide bonds. The number of alkyl halides is 1. The molecule has 4 heteroatoms. The molecule has 0 aromatic rings. The third-order valence-electron chi connectivity index (χ3n) is 3.42. The van der Waals surface area contributed by atoms with Crippen LogP contribution in [0.3, 0.4) is 0 Å². The first-order valence-electron chi connectivity index (χ1n) is 6.48. The number of thiol groups is 1. The second kappa shape index (κ2) is 5.58. The van der Waals surface area contributed by atoms with E-state index in [9.17, 15) is 4.21 Å². The minimum Gasteiger partial charge on any atom is -0.252 e. The molecule has 0 bridgehead atoms. The van der Waals surface area contributed by atoms with Crippen molar-refractivity contribution in [1.82, 2.24) is 0 Å². The van der Waals surface area contributed by atoms with Crippen LogP contribution in [0.4, 0.5) is 0 Å². The maximum Gasteiger partial charge on any atom is 0.0649 e. The molecule has 18 heavy (non-hydrogen) atoms. The summed E-state index contributed by atoms with van der Waals surface area (Å²) < 4.78 is 16.7. The van der Waals surface area contributed by atoms with Gasteiger partial charge in [-0.05, 0) is 46.5 Å². The lowest BCUT2D eigenvalue weighted by molar-refractivity contribution is 0.220. The van der Waals surface area contributed by atoms with E-state index in [2.05, 4.69) is 68.5 Å². The number of halogens is 1. The molecular weight excluding hydrogens is 357 g/mol. The highest BCUT2D eigenvalue weighted by Crippen LogP contribution is 2.44. The van der Waals surface area contributed by atoms with Gasteiger partial charge in [0.25, 0.3) is 0 Å². The van der Waals surface area contributed by atoms with Gasteiger partial charge < -0.3 is 0 Å². The third-order valence-corrected chi connectivity index (χ3v) is 6.75. The van der Waals surface area contributed by atoms with Crippen LogP contribution in [0.2, 0.25) is 0 Å². The minimum atomic E-state index is -1.53. The Labute approximate surface area is 129 Å². The summed E-state index contributed by atoms with van der Waals surface area (Å²) >= 11 is 2.49. The summed E-state index contributed by atoms with van der Waals surface area (Å²) in [7, 11) is -1.53. The number of nitrogens with zero attached hydrogens (tertiary/aromatic N) is 1. The monoisotopic (exact) mass is 387 g/mol. The molecule has 0 rings (SSSR count). The predicted molar refractivity (Wildman–Crippen MR) is 92.3 cm³/mol. The van der Waals surface area contributed by atoms with E-state index in [-0.39, 0.29) is 19.1 Å². The number of rotatable bonds is 4. The van der Waals surface area contributed by atoms with Crippen LogP contribution in [0.15, 0.2) is 4.36 Å². The van der Waals surface area contributed by atoms with Gasteiger partial charge in [-0.3, -0.25) is 4.21 Å². The Morgan fingerprint density at radius 1 is 0.944 bits per heavy atom. The van der Waals surface area contributed by atoms with Crippen LogP contribution in [-0.2, 0) is 10.6 Å². The van der Waals surface area contributed by atoms with Crippen molar-refractivity contribution >= 4 is 33.2 Å². The Kier molecular flexibility index (Phi) is 5.79. The van der Waals surface area contributed by atoms with E-state index in [0.717, 1.165) is 6.42 Å². The topological polar surface area (TPSA) is 29.4 Å². The summed E-state index contributed by atoms with van der Waals surface area (Å²) in [6, 6.07) is 0. The largest absolute Gasteiger partial charge is 0.252 e. The molecule has 1 unspecified atom stereocenters. The van der Waals surface area contributed by atoms with Crippen molar-refractivity contribution in [3.8, 4) is 0 Å². The second-order valence-corrected chi connectivity index (χ2v) is 12.7. The lowest BCUT2D eigenvalue weighted by atomic mass is 9.73. The van der Waals surface area contributed by atoms with Crippen LogP contribution >= 0.6 is 22.6 Å². The van der Waals surface area contributed by atoms with Crippen molar-refractivity contribution in [2.45, 2.75) is 82.4 Å². The van der Waals surface area contributed by atoms with Crippen molar-refractivity contribution in [3.05, 3.63) is 0 Å². The molecule has 0 N–H and O–H groups in total. The summed E-state index contributed by atoms with van der Waals surface area (Å²) in [5.74, 6) is 0. The second-order valence-electron chi connectivity index (χ2n) is 7.89. The Morgan fingerprint density at radius 2 is 1.33 bits per heavy atom. The first-order valence-corrected chi connectivity index (χ1v) is 8.77. The van der Waals surface area contributed by atoms with E-state index >= 15 is 0 Å². The van der Waals surface area contributed by atoms with Crippen molar-refractivity contribution < 1.29 is 4.21 Å². The van der Waals surface area contributed by atoms with Crippen LogP contribution in [0.1, 0.15) is 68.7 Å². The van der Waals surface area contributed by atoms with Gasteiger partial charge in [0.15, 0.2) is 0 Å². The fourth-order valence-electron chi connectivity index (χ4n) is 1.72. The SMILES string of the molecule is CC(C)(CC(C)(C)C(C)(C)I)/N=[SH](=O)/C(C)(C)C. The van der Waals surface area contributed by atoms with Gasteiger partial charge in [0.05, 0.1) is 5.54 Å². The third kappa shape index (κ3) is 5.76. The summed E-state index contributed by atoms with van der Waals surface area (Å²) in [6.45, 7) is 19.2. The zero-order chi connectivity index (χ0) is 15.0. The molecule has 0 spiro atoms. The van der Waals surface area contributed by atoms with E-state index in [4.69, 9.17) is 0 Å². The fraction of sp³-hybridized carbons (Fsp3) is 1.00. The van der Waals surface area contributed by atoms with Crippen molar-refractivity contribution in [2.75, 3.05) is 0 Å². The lowest BCUT2D eigenvalue weighted by Crippen LogP contribution is -2.39. The van der Waals surface area contributed by atoms with Crippen LogP contribution in [0.5, 0.6) is 0 Å². The fourth-order valence-corrected chi connectivity index (χ4v) is 2.78. The molecular formula is C14H30INOS. The zero-order valence-corrected chi connectivity index (χ0v) is 16.4. The van der Waals surface area contributed by atoms with Crippen molar-refractivity contribution in [2.24, 2.45) is 9.78 Å². The van der Waals surface area contributed by atoms with Gasteiger partial charge in [0.1, 0.15) is 0 Å². The highest BCUT2D eigenvalue weighted by atomic mass is 127. The molecule has 0 aromatic heterocycles. The average Bonchev–Trinajstić information content (AvgIpc) is 1.95. The number of hydrogen-bond acceptors (Lipinski definition) is 2. The molecule has 0 fully saturated rings. The van der Waals surface area contributed by atoms with Gasteiger partial charge in [-0.15, -0.1) is 0 Å². The van der Waals surface area contributed by atoms with Gasteiger partial charge in [-0.1, -0.05) is 50.3 Å². The van der Waals surface area contributed by atoms with Gasteiger partial charge in [0, 0.05) is 18.8 Å². The highest BCUT2D eigenvalue weighted by Gasteiger charge is 2.39. The van der Waals surface area contributed by atoms with Crippen LogP contribution < -0.4 is 0 Å². The average molecular weight is 387 g/mol. The molecule has 0 aliphatic rings. The van der Waals surface area contributed by atoms with E-state index < -0.39 is 10.6 Å². The molecule has 1 atom stereocenters. The summed E-state index contributed by atoms with van der Waals surface area (Å²) in [4.78, 5) is 0. The van der Waals surface area contributed by atoms with Gasteiger partial charge in [-0.2, -0.15) is 0 Å². The molecule has 0 aliphatic carbocycles. The molecule has 0 saturated carbocycles. The zero-order valence-electron chi connectivity index (χ0n) is 13.4. The van der Waals surface area contributed by atoms with Crippen LogP contribution in [-0.4, -0.2) is 17.9 Å². The molecule has 0 aromatic carbocycles. The molecule has 0 saturated heterocycles. The quantitative estimate of drug-likeness (QED) is 0.417. The Hall–Kier alpha value is 0.680. The smallest absolute Gasteiger partial charge is 0.0649 e. The molecule has 0 aliphatic heterocycles. The summed E-state index contributed by atoms with van der Waals surface area (Å²) in [5.41, 5.74) is -0.0959. The molecule has 0 heterocycles. The van der Waals surface area contributed by atoms with Gasteiger partial charge >= 0.3 is 0 Å². The summed E-state index contributed by atoms with van der Waals surface area (Å²) in [6.07, 6.45) is 0.938. The van der Waals surface area contributed by atoms with Crippen molar-refractivity contribution in [3.63, 3.8) is 0 Å². The lowest BCUT2D eigenvalue weighted by Gasteiger charge is -2.41. The maximum absolute atomic E-state index is 12.2. The molecule has 2 nitrogen and oxygen atoms in total. The van der Waals surface area contributed by atoms with E-state index in [0.29, 0.717) is 0 Å². The Balaban J connectivity index is 5.17. The van der Waals surface area contributed by atoms with E-state index in [1.54, 1.807) is 0 Å². The van der Waals surface area contributed by atoms with Crippen LogP contribution in [0.25, 0.3) is 0 Å². The standard InChI is InChI=1S/C14H30INOS/c1-11(2,3)18(17)16-13(6,7)10-12(4,5)14(8,9)15/h18H,10H2,1-9H3. The highest BCUT2D eigenvalue weighted by molar-refractivity contribution is 14.1. The molecule has 110 valence electrons. The van der Waals surface area contributed by atoms with Crippen LogP contribution in [0, 0.1) is 5.41 Å². The predicted octanol–water partition coefficient (Wildman–Crippen LogP) is 4.86. The maximum atomic E-state index is 12.2. The number of hydrogen-bond donors (Lipinski definition) is 1. The van der Waals surface area contributed by atoms with Crippen molar-refractivity contribution in [1.29, 1.82) is 0 Å². The Bertz CT molecular complexity index is 366. The first-order chi connectivity index (χ1) is 7.58. The normalized spacial score (nSPS) is 17.0. The van der Waals surface area contributed by atoms with Gasteiger partial charge in [-0.25, -0.2) is 4.36 Å². The van der Waals surface area contributed by atoms with E-state index in [1.807, 2.05) is 20.8 Å². The first kappa shape index (κ1) is 18.7. The Morgan fingerprint density at radius 3 is 1.61 bits per heavy atom. The summed E-state index contributed by atoms with van der Waals surface area (Å²) in [5, 5.41) is 0. The van der Waals surface area contributed by atoms with E-state index in [1.165, 1.54) is 0 Å².